The first kappa shape index (κ1) is 25.7. The fraction of sp³-hybridized carbons (Fsp3) is 0.261. The Balaban J connectivity index is 2.12. The molecule has 36 heavy (non-hydrogen) atoms. The molecule has 1 aliphatic heterocycles. The smallest absolute Gasteiger partial charge is 0.318 e. The third-order valence-corrected chi connectivity index (χ3v) is 6.49. The zero-order valence-electron chi connectivity index (χ0n) is 18.9. The summed E-state index contributed by atoms with van der Waals surface area (Å²) in [5, 5.41) is 9.58. The summed E-state index contributed by atoms with van der Waals surface area (Å²) in [4.78, 5) is 9.51. The van der Waals surface area contributed by atoms with Crippen molar-refractivity contribution in [3.63, 3.8) is 0 Å². The standard InChI is InChI=1S/C23H18ClF4N5O2S/c1-34-23-31-19-16-20(35-6-5-33(9-14(26)27)22(16)32-23)17(24)15(18(19)28)11-4-3-10(25)7-12(11)13(8-29)21(30)36-2/h3-4,7,14H,5-6,9,30H2,1-2H3/b21-13-. The van der Waals surface area contributed by atoms with Gasteiger partial charge in [0.05, 0.1) is 41.2 Å². The first-order valence-electron chi connectivity index (χ1n) is 10.4. The van der Waals surface area contributed by atoms with Gasteiger partial charge in [0, 0.05) is 11.1 Å². The van der Waals surface area contributed by atoms with Gasteiger partial charge in [-0.25, -0.2) is 17.6 Å². The van der Waals surface area contributed by atoms with Gasteiger partial charge in [-0.2, -0.15) is 15.2 Å². The molecule has 3 aromatic rings. The number of hydrogen-bond acceptors (Lipinski definition) is 8. The number of allylic oxidation sites excluding steroid dienone is 1. The van der Waals surface area contributed by atoms with Crippen LogP contribution in [0.5, 0.6) is 11.8 Å². The van der Waals surface area contributed by atoms with Crippen molar-refractivity contribution >= 4 is 45.7 Å². The van der Waals surface area contributed by atoms with E-state index in [9.17, 15) is 18.4 Å². The van der Waals surface area contributed by atoms with Gasteiger partial charge in [-0.15, -0.1) is 11.8 Å². The Labute approximate surface area is 212 Å². The molecule has 2 aromatic carbocycles. The number of benzene rings is 2. The molecule has 0 unspecified atom stereocenters. The number of thioether (sulfide) groups is 1. The average Bonchev–Trinajstić information content (AvgIpc) is 3.03. The summed E-state index contributed by atoms with van der Waals surface area (Å²) in [6.07, 6.45) is -1.07. The fourth-order valence-electron chi connectivity index (χ4n) is 3.93. The molecule has 1 aromatic heterocycles. The first-order chi connectivity index (χ1) is 17.2. The highest BCUT2D eigenvalue weighted by Crippen LogP contribution is 2.49. The maximum Gasteiger partial charge on any atom is 0.318 e. The molecule has 0 bridgehead atoms. The van der Waals surface area contributed by atoms with Crippen molar-refractivity contribution in [3.05, 3.63) is 45.4 Å². The molecule has 0 fully saturated rings. The predicted octanol–water partition coefficient (Wildman–Crippen LogP) is 5.21. The number of methoxy groups -OCH3 is 1. The molecule has 0 spiro atoms. The highest BCUT2D eigenvalue weighted by Gasteiger charge is 2.32. The van der Waals surface area contributed by atoms with Gasteiger partial charge in [-0.1, -0.05) is 17.7 Å². The van der Waals surface area contributed by atoms with E-state index in [0.717, 1.165) is 23.9 Å². The molecule has 2 N–H and O–H groups in total. The molecule has 0 amide bonds. The Morgan fingerprint density at radius 2 is 2.11 bits per heavy atom. The minimum atomic E-state index is -2.71. The van der Waals surface area contributed by atoms with E-state index in [1.807, 2.05) is 6.07 Å². The molecule has 0 atom stereocenters. The topological polar surface area (TPSA) is 97.3 Å². The normalized spacial score (nSPS) is 13.8. The molecule has 188 valence electrons. The molecule has 2 heterocycles. The number of nitrogens with two attached hydrogens (primary N) is 1. The van der Waals surface area contributed by atoms with Crippen LogP contribution < -0.4 is 20.1 Å². The highest BCUT2D eigenvalue weighted by molar-refractivity contribution is 8.02. The van der Waals surface area contributed by atoms with E-state index in [1.165, 1.54) is 18.1 Å². The van der Waals surface area contributed by atoms with E-state index in [2.05, 4.69) is 9.97 Å². The van der Waals surface area contributed by atoms with E-state index in [1.54, 1.807) is 6.26 Å². The molecular weight excluding hydrogens is 522 g/mol. The monoisotopic (exact) mass is 539 g/mol. The second kappa shape index (κ2) is 10.3. The van der Waals surface area contributed by atoms with Gasteiger partial charge in [0.15, 0.2) is 11.6 Å². The van der Waals surface area contributed by atoms with Crippen LogP contribution in [0.2, 0.25) is 5.02 Å². The molecular formula is C23H18ClF4N5O2S. The molecule has 0 saturated carbocycles. The second-order valence-electron chi connectivity index (χ2n) is 7.52. The number of nitriles is 1. The van der Waals surface area contributed by atoms with Crippen LogP contribution in [0.25, 0.3) is 27.6 Å². The Kier molecular flexibility index (Phi) is 7.33. The van der Waals surface area contributed by atoms with Gasteiger partial charge in [0.25, 0.3) is 6.43 Å². The number of nitrogens with zero attached hydrogens (tertiary/aromatic N) is 4. The van der Waals surface area contributed by atoms with Crippen molar-refractivity contribution in [2.75, 3.05) is 38.0 Å². The van der Waals surface area contributed by atoms with E-state index < -0.39 is 24.6 Å². The number of hydrogen-bond donors (Lipinski definition) is 1. The fourth-order valence-corrected chi connectivity index (χ4v) is 4.62. The number of halogens is 5. The number of aromatic nitrogens is 2. The first-order valence-corrected chi connectivity index (χ1v) is 12.0. The molecule has 1 aliphatic rings. The van der Waals surface area contributed by atoms with Crippen LogP contribution in [0.1, 0.15) is 5.56 Å². The van der Waals surface area contributed by atoms with E-state index in [0.29, 0.717) is 0 Å². The van der Waals surface area contributed by atoms with Crippen LogP contribution in [0.15, 0.2) is 23.2 Å². The molecule has 4 rings (SSSR count). The van der Waals surface area contributed by atoms with Gasteiger partial charge in [0.1, 0.15) is 29.8 Å². The zero-order valence-corrected chi connectivity index (χ0v) is 20.5. The number of rotatable bonds is 6. The van der Waals surface area contributed by atoms with Crippen LogP contribution in [0.4, 0.5) is 23.4 Å². The van der Waals surface area contributed by atoms with Gasteiger partial charge in [-0.3, -0.25) is 0 Å². The molecule has 13 heteroatoms. The SMILES string of the molecule is COc1nc2c3c(c(Cl)c(-c4ccc(F)cc4/C(C#N)=C(/N)SC)c(F)c3n1)OCCN2CC(F)F. The quantitative estimate of drug-likeness (QED) is 0.336. The zero-order chi connectivity index (χ0) is 26.1. The Morgan fingerprint density at radius 1 is 1.36 bits per heavy atom. The second-order valence-corrected chi connectivity index (χ2v) is 8.75. The Bertz CT molecular complexity index is 1430. The van der Waals surface area contributed by atoms with E-state index in [-0.39, 0.29) is 73.9 Å². The lowest BCUT2D eigenvalue weighted by atomic mass is 9.93. The average molecular weight is 540 g/mol. The summed E-state index contributed by atoms with van der Waals surface area (Å²) in [7, 11) is 1.25. The van der Waals surface area contributed by atoms with E-state index >= 15 is 4.39 Å². The summed E-state index contributed by atoms with van der Waals surface area (Å²) in [6.45, 7) is -0.745. The maximum atomic E-state index is 16.2. The summed E-state index contributed by atoms with van der Waals surface area (Å²) >= 11 is 7.72. The summed E-state index contributed by atoms with van der Waals surface area (Å²) in [6, 6.07) is 5.06. The maximum absolute atomic E-state index is 16.2. The number of alkyl halides is 2. The third-order valence-electron chi connectivity index (χ3n) is 5.49. The molecule has 0 radical (unpaired) electrons. The van der Waals surface area contributed by atoms with Crippen molar-refractivity contribution in [2.24, 2.45) is 5.73 Å². The minimum absolute atomic E-state index is 0.00546. The van der Waals surface area contributed by atoms with Crippen molar-refractivity contribution in [2.45, 2.75) is 6.43 Å². The van der Waals surface area contributed by atoms with Gasteiger partial charge >= 0.3 is 6.01 Å². The molecule has 0 saturated heterocycles. The van der Waals surface area contributed by atoms with Crippen molar-refractivity contribution in [1.82, 2.24) is 9.97 Å². The minimum Gasteiger partial charge on any atom is -0.489 e. The third kappa shape index (κ3) is 4.44. The summed E-state index contributed by atoms with van der Waals surface area (Å²) < 4.78 is 67.9. The lowest BCUT2D eigenvalue weighted by Gasteiger charge is -2.22. The lowest BCUT2D eigenvalue weighted by molar-refractivity contribution is 0.153. The van der Waals surface area contributed by atoms with Gasteiger partial charge in [0.2, 0.25) is 0 Å². The van der Waals surface area contributed by atoms with Crippen molar-refractivity contribution < 1.29 is 27.0 Å². The van der Waals surface area contributed by atoms with Crippen LogP contribution in [-0.2, 0) is 0 Å². The number of anilines is 1. The van der Waals surface area contributed by atoms with Crippen LogP contribution in [-0.4, -0.2) is 49.5 Å². The van der Waals surface area contributed by atoms with Crippen molar-refractivity contribution in [3.8, 4) is 29.0 Å². The van der Waals surface area contributed by atoms with Crippen LogP contribution in [0, 0.1) is 23.0 Å². The van der Waals surface area contributed by atoms with Crippen LogP contribution >= 0.6 is 23.4 Å². The largest absolute Gasteiger partial charge is 0.489 e. The lowest BCUT2D eigenvalue weighted by Crippen LogP contribution is -2.32. The van der Waals surface area contributed by atoms with Gasteiger partial charge in [-0.05, 0) is 24.0 Å². The predicted molar refractivity (Wildman–Crippen MR) is 130 cm³/mol. The molecule has 7 nitrogen and oxygen atoms in total. The van der Waals surface area contributed by atoms with Crippen molar-refractivity contribution in [1.29, 1.82) is 5.26 Å². The van der Waals surface area contributed by atoms with E-state index in [4.69, 9.17) is 26.8 Å². The van der Waals surface area contributed by atoms with Crippen LogP contribution in [0.3, 0.4) is 0 Å². The number of ether oxygens (including phenoxy) is 2. The Hall–Kier alpha value is -3.43. The highest BCUT2D eigenvalue weighted by atomic mass is 35.5. The summed E-state index contributed by atoms with van der Waals surface area (Å²) in [5.41, 5.74) is 5.41. The summed E-state index contributed by atoms with van der Waals surface area (Å²) in [5.74, 6) is -1.71. The molecule has 0 aliphatic carbocycles. The van der Waals surface area contributed by atoms with Gasteiger partial charge < -0.3 is 20.1 Å². The Morgan fingerprint density at radius 3 is 2.75 bits per heavy atom.